The molecule has 28 heavy (non-hydrogen) atoms. The van der Waals surface area contributed by atoms with Gasteiger partial charge in [-0.05, 0) is 24.0 Å². The van der Waals surface area contributed by atoms with Crippen molar-refractivity contribution in [3.05, 3.63) is 98.2 Å². The number of hydrogen-bond acceptors (Lipinski definition) is 4. The van der Waals surface area contributed by atoms with Crippen LogP contribution < -0.4 is 11.2 Å². The summed E-state index contributed by atoms with van der Waals surface area (Å²) in [4.78, 5) is 31.5. The van der Waals surface area contributed by atoms with Crippen LogP contribution in [0.15, 0.2) is 75.2 Å². The van der Waals surface area contributed by atoms with Crippen molar-refractivity contribution in [1.82, 2.24) is 9.55 Å². The van der Waals surface area contributed by atoms with Crippen LogP contribution in [0.1, 0.15) is 30.0 Å². The molecule has 0 aliphatic rings. The molecule has 6 nitrogen and oxygen atoms in total. The normalized spacial score (nSPS) is 11.5. The summed E-state index contributed by atoms with van der Waals surface area (Å²) >= 11 is 0. The maximum atomic E-state index is 12.4. The molecule has 3 rings (SSSR count). The lowest BCUT2D eigenvalue weighted by molar-refractivity contribution is 0.407. The van der Waals surface area contributed by atoms with E-state index in [1.807, 2.05) is 67.6 Å². The van der Waals surface area contributed by atoms with Crippen molar-refractivity contribution in [2.24, 2.45) is 4.99 Å². The van der Waals surface area contributed by atoms with Gasteiger partial charge in [-0.25, -0.2) is 4.79 Å². The van der Waals surface area contributed by atoms with E-state index in [-0.39, 0.29) is 18.0 Å². The number of aromatic nitrogens is 2. The molecule has 0 aliphatic carbocycles. The maximum absolute atomic E-state index is 12.4. The van der Waals surface area contributed by atoms with Gasteiger partial charge >= 0.3 is 5.69 Å². The zero-order valence-corrected chi connectivity index (χ0v) is 15.8. The molecule has 1 heterocycles. The zero-order valence-electron chi connectivity index (χ0n) is 15.8. The predicted octanol–water partition coefficient (Wildman–Crippen LogP) is 2.73. The molecule has 0 spiro atoms. The van der Waals surface area contributed by atoms with Gasteiger partial charge in [-0.3, -0.25) is 19.3 Å². The molecular formula is C22H23N3O3. The summed E-state index contributed by atoms with van der Waals surface area (Å²) in [6.45, 7) is 2.52. The lowest BCUT2D eigenvalue weighted by Gasteiger charge is -2.12. The second kappa shape index (κ2) is 8.99. The Kier molecular flexibility index (Phi) is 6.22. The number of aliphatic imine (C=N–C) groups is 1. The molecule has 0 aliphatic heterocycles. The standard InChI is InChI=1S/C22H23N3O3/c1-2-18(23-14-13-16-9-5-3-6-10-16)19-20(26)24-22(28)25(21(19)27)15-17-11-7-4-8-12-17/h3-12,27H,2,13-15H2,1H3,(H,24,26,28). The zero-order chi connectivity index (χ0) is 19.9. The summed E-state index contributed by atoms with van der Waals surface area (Å²) in [7, 11) is 0. The first-order chi connectivity index (χ1) is 13.6. The van der Waals surface area contributed by atoms with Crippen molar-refractivity contribution in [1.29, 1.82) is 0 Å². The molecule has 0 fully saturated rings. The third kappa shape index (κ3) is 4.46. The molecule has 0 saturated carbocycles. The Morgan fingerprint density at radius 2 is 1.61 bits per heavy atom. The number of rotatable bonds is 7. The third-order valence-electron chi connectivity index (χ3n) is 4.52. The largest absolute Gasteiger partial charge is 0.494 e. The number of nitrogens with zero attached hydrogens (tertiary/aromatic N) is 2. The number of hydrogen-bond donors (Lipinski definition) is 2. The smallest absolute Gasteiger partial charge is 0.331 e. The second-order valence-corrected chi connectivity index (χ2v) is 6.45. The first kappa shape index (κ1) is 19.4. The number of nitrogens with one attached hydrogen (secondary N) is 1. The Morgan fingerprint density at radius 3 is 2.21 bits per heavy atom. The number of aromatic amines is 1. The van der Waals surface area contributed by atoms with E-state index in [2.05, 4.69) is 9.98 Å². The molecule has 2 aromatic carbocycles. The molecule has 0 radical (unpaired) electrons. The molecule has 6 heteroatoms. The van der Waals surface area contributed by atoms with Crippen molar-refractivity contribution in [3.63, 3.8) is 0 Å². The van der Waals surface area contributed by atoms with Gasteiger partial charge in [0.1, 0.15) is 5.56 Å². The van der Waals surface area contributed by atoms with Crippen molar-refractivity contribution in [2.75, 3.05) is 6.54 Å². The van der Waals surface area contributed by atoms with Crippen LogP contribution in [0.25, 0.3) is 0 Å². The van der Waals surface area contributed by atoms with E-state index in [1.165, 1.54) is 0 Å². The monoisotopic (exact) mass is 377 g/mol. The fraction of sp³-hybridized carbons (Fsp3) is 0.227. The van der Waals surface area contributed by atoms with E-state index in [4.69, 9.17) is 0 Å². The van der Waals surface area contributed by atoms with Crippen LogP contribution in [0.4, 0.5) is 0 Å². The fourth-order valence-electron chi connectivity index (χ4n) is 3.06. The number of aromatic hydroxyl groups is 1. The Balaban J connectivity index is 1.92. The average Bonchev–Trinajstić information content (AvgIpc) is 2.71. The molecule has 0 bridgehead atoms. The van der Waals surface area contributed by atoms with E-state index < -0.39 is 11.2 Å². The second-order valence-electron chi connectivity index (χ2n) is 6.45. The Morgan fingerprint density at radius 1 is 1.00 bits per heavy atom. The van der Waals surface area contributed by atoms with Crippen molar-refractivity contribution in [2.45, 2.75) is 26.3 Å². The van der Waals surface area contributed by atoms with Crippen molar-refractivity contribution in [3.8, 4) is 5.88 Å². The number of benzene rings is 2. The van der Waals surface area contributed by atoms with Gasteiger partial charge in [-0.2, -0.15) is 0 Å². The molecule has 1 aromatic heterocycles. The highest BCUT2D eigenvalue weighted by Gasteiger charge is 2.18. The fourth-order valence-corrected chi connectivity index (χ4v) is 3.06. The highest BCUT2D eigenvalue weighted by atomic mass is 16.3. The van der Waals surface area contributed by atoms with Crippen molar-refractivity contribution >= 4 is 5.71 Å². The van der Waals surface area contributed by atoms with E-state index in [1.54, 1.807) is 0 Å². The summed E-state index contributed by atoms with van der Waals surface area (Å²) in [5.41, 5.74) is 1.27. The van der Waals surface area contributed by atoms with Gasteiger partial charge in [0.15, 0.2) is 0 Å². The molecule has 3 aromatic rings. The molecule has 0 saturated heterocycles. The summed E-state index contributed by atoms with van der Waals surface area (Å²) in [6, 6.07) is 19.2. The topological polar surface area (TPSA) is 87.4 Å². The van der Waals surface area contributed by atoms with Gasteiger partial charge < -0.3 is 5.11 Å². The highest BCUT2D eigenvalue weighted by Crippen LogP contribution is 2.15. The van der Waals surface area contributed by atoms with Crippen molar-refractivity contribution < 1.29 is 5.11 Å². The SMILES string of the molecule is CCC(=NCCc1ccccc1)c1c(O)n(Cc2ccccc2)c(=O)[nH]c1=O. The molecular weight excluding hydrogens is 354 g/mol. The van der Waals surface area contributed by atoms with Gasteiger partial charge in [-0.1, -0.05) is 67.6 Å². The van der Waals surface area contributed by atoms with Crippen LogP contribution in [0.2, 0.25) is 0 Å². The van der Waals surface area contributed by atoms with Crippen LogP contribution in [-0.4, -0.2) is 26.9 Å². The van der Waals surface area contributed by atoms with E-state index in [0.717, 1.165) is 22.1 Å². The van der Waals surface area contributed by atoms with Crippen LogP contribution in [-0.2, 0) is 13.0 Å². The maximum Gasteiger partial charge on any atom is 0.331 e. The highest BCUT2D eigenvalue weighted by molar-refractivity contribution is 6.01. The summed E-state index contributed by atoms with van der Waals surface area (Å²) in [6.07, 6.45) is 1.20. The van der Waals surface area contributed by atoms with Crippen LogP contribution in [0.3, 0.4) is 0 Å². The summed E-state index contributed by atoms with van der Waals surface area (Å²) < 4.78 is 1.16. The van der Waals surface area contributed by atoms with E-state index >= 15 is 0 Å². The first-order valence-corrected chi connectivity index (χ1v) is 9.27. The minimum Gasteiger partial charge on any atom is -0.494 e. The molecule has 0 atom stereocenters. The first-order valence-electron chi connectivity index (χ1n) is 9.27. The molecule has 0 unspecified atom stereocenters. The Bertz CT molecular complexity index is 1070. The van der Waals surface area contributed by atoms with Crippen LogP contribution in [0, 0.1) is 0 Å². The molecule has 0 amide bonds. The lowest BCUT2D eigenvalue weighted by atomic mass is 10.1. The van der Waals surface area contributed by atoms with Gasteiger partial charge in [0, 0.05) is 6.54 Å². The van der Waals surface area contributed by atoms with Crippen LogP contribution >= 0.6 is 0 Å². The van der Waals surface area contributed by atoms with Gasteiger partial charge in [0.25, 0.3) is 5.56 Å². The number of H-pyrrole nitrogens is 1. The Labute approximate surface area is 162 Å². The minimum absolute atomic E-state index is 0.0612. The van der Waals surface area contributed by atoms with E-state index in [9.17, 15) is 14.7 Å². The third-order valence-corrected chi connectivity index (χ3v) is 4.52. The molecule has 144 valence electrons. The lowest BCUT2D eigenvalue weighted by Crippen LogP contribution is -2.34. The predicted molar refractivity (Wildman–Crippen MR) is 110 cm³/mol. The summed E-state index contributed by atoms with van der Waals surface area (Å²) in [5, 5.41) is 10.7. The average molecular weight is 377 g/mol. The Hall–Kier alpha value is -3.41. The van der Waals surface area contributed by atoms with Crippen LogP contribution in [0.5, 0.6) is 5.88 Å². The van der Waals surface area contributed by atoms with E-state index in [0.29, 0.717) is 18.7 Å². The quantitative estimate of drug-likeness (QED) is 0.621. The van der Waals surface area contributed by atoms with Gasteiger partial charge in [0.2, 0.25) is 5.88 Å². The van der Waals surface area contributed by atoms with Gasteiger partial charge in [-0.15, -0.1) is 0 Å². The molecule has 2 N–H and O–H groups in total. The summed E-state index contributed by atoms with van der Waals surface area (Å²) in [5.74, 6) is -0.349. The minimum atomic E-state index is -0.644. The van der Waals surface area contributed by atoms with Gasteiger partial charge in [0.05, 0.1) is 12.3 Å².